The molecule has 0 radical (unpaired) electrons. The molecular weight excluding hydrogens is 176 g/mol. The third-order valence-electron chi connectivity index (χ3n) is 4.05. The maximum atomic E-state index is 11.0. The molecule has 0 atom stereocenters. The molecule has 2 N–H and O–H groups in total. The molecule has 0 aromatic heterocycles. The Kier molecular flexibility index (Phi) is 2.66. The van der Waals surface area contributed by atoms with Gasteiger partial charge in [0.2, 0.25) is 0 Å². The highest BCUT2D eigenvalue weighted by atomic mass is 16.2. The first kappa shape index (κ1) is 9.81. The van der Waals surface area contributed by atoms with Crippen molar-refractivity contribution in [2.24, 2.45) is 11.1 Å². The van der Waals surface area contributed by atoms with Gasteiger partial charge in [-0.15, -0.1) is 0 Å². The lowest BCUT2D eigenvalue weighted by atomic mass is 9.68. The summed E-state index contributed by atoms with van der Waals surface area (Å²) in [7, 11) is 0. The highest BCUT2D eigenvalue weighted by Crippen LogP contribution is 2.44. The standard InChI is InChI=1S/C11H20N2O/c12-10(14)13-8-6-11(7-9-13)4-2-1-3-5-11/h1-9H2,(H2,12,14). The van der Waals surface area contributed by atoms with Crippen molar-refractivity contribution in [2.75, 3.05) is 13.1 Å². The predicted octanol–water partition coefficient (Wildman–Crippen LogP) is 2.11. The molecule has 0 aromatic carbocycles. The van der Waals surface area contributed by atoms with Crippen molar-refractivity contribution in [2.45, 2.75) is 44.9 Å². The first-order valence-corrected chi connectivity index (χ1v) is 5.76. The summed E-state index contributed by atoms with van der Waals surface area (Å²) in [4.78, 5) is 12.8. The molecule has 2 aliphatic rings. The van der Waals surface area contributed by atoms with Gasteiger partial charge in [-0.05, 0) is 31.1 Å². The van der Waals surface area contributed by atoms with E-state index in [2.05, 4.69) is 0 Å². The lowest BCUT2D eigenvalue weighted by Crippen LogP contribution is -2.46. The monoisotopic (exact) mass is 196 g/mol. The molecule has 0 aromatic rings. The van der Waals surface area contributed by atoms with Gasteiger partial charge < -0.3 is 10.6 Å². The van der Waals surface area contributed by atoms with Crippen LogP contribution in [-0.4, -0.2) is 24.0 Å². The molecule has 2 amide bonds. The molecule has 1 spiro atoms. The van der Waals surface area contributed by atoms with E-state index in [0.717, 1.165) is 13.1 Å². The fourth-order valence-corrected chi connectivity index (χ4v) is 3.00. The summed E-state index contributed by atoms with van der Waals surface area (Å²) < 4.78 is 0. The SMILES string of the molecule is NC(=O)N1CCC2(CCCCC2)CC1. The minimum absolute atomic E-state index is 0.240. The Hall–Kier alpha value is -0.730. The smallest absolute Gasteiger partial charge is 0.314 e. The predicted molar refractivity (Wildman–Crippen MR) is 55.9 cm³/mol. The van der Waals surface area contributed by atoms with E-state index in [1.165, 1.54) is 44.9 Å². The first-order valence-electron chi connectivity index (χ1n) is 5.76. The van der Waals surface area contributed by atoms with Crippen molar-refractivity contribution in [1.29, 1.82) is 0 Å². The van der Waals surface area contributed by atoms with E-state index < -0.39 is 0 Å². The third-order valence-corrected chi connectivity index (χ3v) is 4.05. The second kappa shape index (κ2) is 3.79. The molecule has 1 heterocycles. The van der Waals surface area contributed by atoms with E-state index in [0.29, 0.717) is 5.41 Å². The van der Waals surface area contributed by atoms with Crippen LogP contribution >= 0.6 is 0 Å². The van der Waals surface area contributed by atoms with Crippen molar-refractivity contribution in [3.05, 3.63) is 0 Å². The highest BCUT2D eigenvalue weighted by molar-refractivity contribution is 5.72. The van der Waals surface area contributed by atoms with E-state index in [9.17, 15) is 4.79 Å². The fraction of sp³-hybridized carbons (Fsp3) is 0.909. The number of carbonyl (C=O) groups excluding carboxylic acids is 1. The van der Waals surface area contributed by atoms with Crippen LogP contribution in [0, 0.1) is 5.41 Å². The van der Waals surface area contributed by atoms with Crippen molar-refractivity contribution in [3.63, 3.8) is 0 Å². The summed E-state index contributed by atoms with van der Waals surface area (Å²) >= 11 is 0. The van der Waals surface area contributed by atoms with Crippen molar-refractivity contribution >= 4 is 6.03 Å². The molecule has 3 nitrogen and oxygen atoms in total. The van der Waals surface area contributed by atoms with Gasteiger partial charge in [-0.25, -0.2) is 4.79 Å². The van der Waals surface area contributed by atoms with Crippen molar-refractivity contribution < 1.29 is 4.79 Å². The van der Waals surface area contributed by atoms with Gasteiger partial charge in [0, 0.05) is 13.1 Å². The Balaban J connectivity index is 1.90. The second-order valence-corrected chi connectivity index (χ2v) is 4.89. The normalized spacial score (nSPS) is 26.4. The molecule has 2 rings (SSSR count). The summed E-state index contributed by atoms with van der Waals surface area (Å²) in [6.07, 6.45) is 9.28. The summed E-state index contributed by atoms with van der Waals surface area (Å²) in [6.45, 7) is 1.77. The number of piperidine rings is 1. The highest BCUT2D eigenvalue weighted by Gasteiger charge is 2.36. The van der Waals surface area contributed by atoms with E-state index in [1.807, 2.05) is 0 Å². The van der Waals surface area contributed by atoms with E-state index in [4.69, 9.17) is 5.73 Å². The fourth-order valence-electron chi connectivity index (χ4n) is 3.00. The number of amides is 2. The van der Waals surface area contributed by atoms with Crippen LogP contribution in [0.4, 0.5) is 4.79 Å². The van der Waals surface area contributed by atoms with Crippen LogP contribution in [0.1, 0.15) is 44.9 Å². The topological polar surface area (TPSA) is 46.3 Å². The molecule has 1 saturated carbocycles. The summed E-state index contributed by atoms with van der Waals surface area (Å²) in [5.41, 5.74) is 5.85. The Morgan fingerprint density at radius 2 is 1.57 bits per heavy atom. The molecular formula is C11H20N2O. The van der Waals surface area contributed by atoms with Gasteiger partial charge in [0.15, 0.2) is 0 Å². The number of nitrogens with zero attached hydrogens (tertiary/aromatic N) is 1. The van der Waals surface area contributed by atoms with Gasteiger partial charge in [0.1, 0.15) is 0 Å². The van der Waals surface area contributed by atoms with Gasteiger partial charge in [-0.2, -0.15) is 0 Å². The Morgan fingerprint density at radius 1 is 1.00 bits per heavy atom. The van der Waals surface area contributed by atoms with Crippen LogP contribution in [0.2, 0.25) is 0 Å². The average Bonchev–Trinajstić information content (AvgIpc) is 2.19. The maximum absolute atomic E-state index is 11.0. The number of hydrogen-bond acceptors (Lipinski definition) is 1. The van der Waals surface area contributed by atoms with E-state index in [-0.39, 0.29) is 6.03 Å². The zero-order valence-corrected chi connectivity index (χ0v) is 8.80. The van der Waals surface area contributed by atoms with E-state index in [1.54, 1.807) is 4.90 Å². The number of primary amides is 1. The van der Waals surface area contributed by atoms with Crippen molar-refractivity contribution in [3.8, 4) is 0 Å². The number of urea groups is 1. The minimum Gasteiger partial charge on any atom is -0.351 e. The number of carbonyl (C=O) groups is 1. The van der Waals surface area contributed by atoms with Crippen LogP contribution in [0.15, 0.2) is 0 Å². The van der Waals surface area contributed by atoms with Crippen LogP contribution in [0.25, 0.3) is 0 Å². The second-order valence-electron chi connectivity index (χ2n) is 4.89. The largest absolute Gasteiger partial charge is 0.351 e. The number of rotatable bonds is 0. The molecule has 2 fully saturated rings. The summed E-state index contributed by atoms with van der Waals surface area (Å²) in [6, 6.07) is -0.240. The van der Waals surface area contributed by atoms with Gasteiger partial charge in [0.05, 0.1) is 0 Å². The van der Waals surface area contributed by atoms with Gasteiger partial charge >= 0.3 is 6.03 Å². The van der Waals surface area contributed by atoms with Crippen LogP contribution in [-0.2, 0) is 0 Å². The molecule has 1 saturated heterocycles. The van der Waals surface area contributed by atoms with Crippen LogP contribution < -0.4 is 5.73 Å². The van der Waals surface area contributed by atoms with Gasteiger partial charge in [0.25, 0.3) is 0 Å². The molecule has 80 valence electrons. The van der Waals surface area contributed by atoms with Crippen LogP contribution in [0.5, 0.6) is 0 Å². The first-order chi connectivity index (χ1) is 6.72. The number of likely N-dealkylation sites (tertiary alicyclic amines) is 1. The van der Waals surface area contributed by atoms with Gasteiger partial charge in [-0.1, -0.05) is 19.3 Å². The van der Waals surface area contributed by atoms with E-state index >= 15 is 0 Å². The quantitative estimate of drug-likeness (QED) is 0.633. The Morgan fingerprint density at radius 3 is 2.07 bits per heavy atom. The Labute approximate surface area is 85.6 Å². The summed E-state index contributed by atoms with van der Waals surface area (Å²) in [5, 5.41) is 0. The number of nitrogens with two attached hydrogens (primary N) is 1. The van der Waals surface area contributed by atoms with Crippen molar-refractivity contribution in [1.82, 2.24) is 4.90 Å². The lowest BCUT2D eigenvalue weighted by molar-refractivity contribution is 0.0838. The zero-order chi connectivity index (χ0) is 10.0. The molecule has 0 bridgehead atoms. The third kappa shape index (κ3) is 1.86. The van der Waals surface area contributed by atoms with Crippen LogP contribution in [0.3, 0.4) is 0 Å². The molecule has 3 heteroatoms. The maximum Gasteiger partial charge on any atom is 0.314 e. The Bertz CT molecular complexity index is 211. The molecule has 1 aliphatic carbocycles. The molecule has 14 heavy (non-hydrogen) atoms. The van der Waals surface area contributed by atoms with Gasteiger partial charge in [-0.3, -0.25) is 0 Å². The number of hydrogen-bond donors (Lipinski definition) is 1. The molecule has 1 aliphatic heterocycles. The molecule has 0 unspecified atom stereocenters. The minimum atomic E-state index is -0.240. The zero-order valence-electron chi connectivity index (χ0n) is 8.80. The lowest BCUT2D eigenvalue weighted by Gasteiger charge is -2.43. The summed E-state index contributed by atoms with van der Waals surface area (Å²) in [5.74, 6) is 0. The average molecular weight is 196 g/mol.